The van der Waals surface area contributed by atoms with Gasteiger partial charge in [-0.1, -0.05) is 12.1 Å². The smallest absolute Gasteiger partial charge is 0.222 e. The number of carbonyl (C=O) groups excluding carboxylic acids is 2. The summed E-state index contributed by atoms with van der Waals surface area (Å²) in [6, 6.07) is 6.30. The highest BCUT2D eigenvalue weighted by Crippen LogP contribution is 2.35. The van der Waals surface area contributed by atoms with Crippen LogP contribution >= 0.6 is 0 Å². The number of aliphatic hydroxyl groups excluding tert-OH is 1. The predicted molar refractivity (Wildman–Crippen MR) is 114 cm³/mol. The van der Waals surface area contributed by atoms with E-state index in [0.717, 1.165) is 31.5 Å². The third kappa shape index (κ3) is 5.64. The first-order valence-electron chi connectivity index (χ1n) is 11.4. The molecule has 32 heavy (non-hydrogen) atoms. The molecular formula is C23H32FN3O5. The van der Waals surface area contributed by atoms with Crippen LogP contribution < -0.4 is 10.6 Å². The van der Waals surface area contributed by atoms with Gasteiger partial charge in [0, 0.05) is 45.6 Å². The number of amides is 2. The van der Waals surface area contributed by atoms with Crippen LogP contribution in [-0.4, -0.2) is 78.0 Å². The van der Waals surface area contributed by atoms with E-state index in [9.17, 15) is 19.1 Å². The number of rotatable bonds is 7. The first kappa shape index (κ1) is 23.1. The second kappa shape index (κ2) is 10.2. The minimum Gasteiger partial charge on any atom is -0.388 e. The molecule has 0 aliphatic carbocycles. The molecule has 8 nitrogen and oxygen atoms in total. The molecule has 0 radical (unpaired) electrons. The van der Waals surface area contributed by atoms with E-state index >= 15 is 0 Å². The van der Waals surface area contributed by atoms with E-state index in [2.05, 4.69) is 10.6 Å². The number of benzene rings is 1. The summed E-state index contributed by atoms with van der Waals surface area (Å²) in [6.07, 6.45) is 0.532. The molecule has 3 heterocycles. The number of aliphatic hydroxyl groups is 1. The number of hydrogen-bond donors (Lipinski definition) is 3. The molecule has 2 amide bonds. The van der Waals surface area contributed by atoms with Gasteiger partial charge < -0.3 is 30.1 Å². The minimum absolute atomic E-state index is 0.113. The van der Waals surface area contributed by atoms with Crippen LogP contribution in [0.3, 0.4) is 0 Å². The van der Waals surface area contributed by atoms with Crippen LogP contribution in [0.5, 0.6) is 0 Å². The average molecular weight is 450 g/mol. The molecule has 9 heteroatoms. The van der Waals surface area contributed by atoms with Crippen molar-refractivity contribution in [3.63, 3.8) is 0 Å². The monoisotopic (exact) mass is 449 g/mol. The highest BCUT2D eigenvalue weighted by atomic mass is 19.1. The third-order valence-electron chi connectivity index (χ3n) is 6.64. The van der Waals surface area contributed by atoms with Gasteiger partial charge in [0.15, 0.2) is 0 Å². The second-order valence-electron chi connectivity index (χ2n) is 8.96. The summed E-state index contributed by atoms with van der Waals surface area (Å²) >= 11 is 0. The zero-order chi connectivity index (χ0) is 22.7. The summed E-state index contributed by atoms with van der Waals surface area (Å²) in [6.45, 7) is 3.96. The molecule has 3 N–H and O–H groups in total. The highest BCUT2D eigenvalue weighted by molar-refractivity contribution is 5.76. The molecule has 0 aromatic heterocycles. The second-order valence-corrected chi connectivity index (χ2v) is 8.96. The molecule has 4 rings (SSSR count). The number of piperidine rings is 1. The van der Waals surface area contributed by atoms with Crippen molar-refractivity contribution in [2.75, 3.05) is 19.6 Å². The Morgan fingerprint density at radius 1 is 1.19 bits per heavy atom. The number of ether oxygens (including phenoxy) is 2. The maximum Gasteiger partial charge on any atom is 0.222 e. The lowest BCUT2D eigenvalue weighted by molar-refractivity contribution is -0.130. The molecule has 3 aliphatic rings. The lowest BCUT2D eigenvalue weighted by Gasteiger charge is -2.32. The van der Waals surface area contributed by atoms with Crippen molar-refractivity contribution in [3.05, 3.63) is 35.6 Å². The van der Waals surface area contributed by atoms with E-state index in [4.69, 9.17) is 9.47 Å². The van der Waals surface area contributed by atoms with Crippen LogP contribution in [-0.2, 0) is 25.6 Å². The Morgan fingerprint density at radius 3 is 2.56 bits per heavy atom. The van der Waals surface area contributed by atoms with Gasteiger partial charge in [-0.3, -0.25) is 9.59 Å². The van der Waals surface area contributed by atoms with Crippen molar-refractivity contribution in [1.82, 2.24) is 15.5 Å². The van der Waals surface area contributed by atoms with Gasteiger partial charge in [0.2, 0.25) is 11.8 Å². The van der Waals surface area contributed by atoms with Crippen LogP contribution in [0.25, 0.3) is 0 Å². The van der Waals surface area contributed by atoms with Crippen molar-refractivity contribution >= 4 is 11.8 Å². The molecule has 0 spiro atoms. The fraction of sp³-hybridized carbons (Fsp3) is 0.652. The van der Waals surface area contributed by atoms with Crippen LogP contribution in [0.15, 0.2) is 24.3 Å². The van der Waals surface area contributed by atoms with Crippen LogP contribution in [0, 0.1) is 5.82 Å². The van der Waals surface area contributed by atoms with E-state index < -0.39 is 12.2 Å². The normalized spacial score (nSPS) is 30.3. The van der Waals surface area contributed by atoms with Gasteiger partial charge in [-0.05, 0) is 30.5 Å². The molecule has 0 saturated carbocycles. The quantitative estimate of drug-likeness (QED) is 0.567. The lowest BCUT2D eigenvalue weighted by atomic mass is 10.0. The van der Waals surface area contributed by atoms with Gasteiger partial charge in [0.05, 0.1) is 24.7 Å². The van der Waals surface area contributed by atoms with Crippen LogP contribution in [0.1, 0.15) is 38.2 Å². The van der Waals surface area contributed by atoms with E-state index in [0.29, 0.717) is 25.6 Å². The standard InChI is InChI=1S/C23H32FN3O5/c1-14(28)27-8-6-17(7-9-27)25-13-20-22(30)23-19(32-20)10-18(31-23)11-21(29)26-12-15-2-4-16(24)5-3-15/h2-5,17-20,22-23,25,30H,6-13H2,1H3,(H,26,29). The Balaban J connectivity index is 1.16. The Hall–Kier alpha value is -2.07. The van der Waals surface area contributed by atoms with E-state index in [1.165, 1.54) is 12.1 Å². The summed E-state index contributed by atoms with van der Waals surface area (Å²) in [4.78, 5) is 25.5. The molecule has 3 fully saturated rings. The Kier molecular flexibility index (Phi) is 7.40. The largest absolute Gasteiger partial charge is 0.388 e. The number of fused-ring (bicyclic) bond motifs is 1. The van der Waals surface area contributed by atoms with Gasteiger partial charge in [-0.15, -0.1) is 0 Å². The van der Waals surface area contributed by atoms with Gasteiger partial charge in [0.25, 0.3) is 0 Å². The van der Waals surface area contributed by atoms with Gasteiger partial charge in [-0.2, -0.15) is 0 Å². The lowest BCUT2D eigenvalue weighted by Crippen LogP contribution is -2.47. The van der Waals surface area contributed by atoms with Gasteiger partial charge in [0.1, 0.15) is 18.0 Å². The highest BCUT2D eigenvalue weighted by Gasteiger charge is 2.50. The van der Waals surface area contributed by atoms with Gasteiger partial charge in [-0.25, -0.2) is 4.39 Å². The summed E-state index contributed by atoms with van der Waals surface area (Å²) in [5, 5.41) is 16.9. The van der Waals surface area contributed by atoms with E-state index in [1.807, 2.05) is 4.90 Å². The molecule has 3 saturated heterocycles. The van der Waals surface area contributed by atoms with E-state index in [1.54, 1.807) is 19.1 Å². The van der Waals surface area contributed by atoms with Crippen LogP contribution in [0.2, 0.25) is 0 Å². The maximum atomic E-state index is 13.0. The van der Waals surface area contributed by atoms with E-state index in [-0.39, 0.29) is 42.4 Å². The average Bonchev–Trinajstić information content (AvgIpc) is 3.30. The Bertz CT molecular complexity index is 799. The number of nitrogens with zero attached hydrogens (tertiary/aromatic N) is 1. The fourth-order valence-corrected chi connectivity index (χ4v) is 4.77. The molecule has 3 aliphatic heterocycles. The summed E-state index contributed by atoms with van der Waals surface area (Å²) < 4.78 is 24.9. The maximum absolute atomic E-state index is 13.0. The first-order chi connectivity index (χ1) is 15.4. The molecule has 5 atom stereocenters. The zero-order valence-corrected chi connectivity index (χ0v) is 18.3. The summed E-state index contributed by atoms with van der Waals surface area (Å²) in [5.74, 6) is -0.345. The van der Waals surface area contributed by atoms with Crippen molar-refractivity contribution < 1.29 is 28.6 Å². The fourth-order valence-electron chi connectivity index (χ4n) is 4.77. The number of carbonyl (C=O) groups is 2. The predicted octanol–water partition coefficient (Wildman–Crippen LogP) is 0.718. The minimum atomic E-state index is -0.739. The topological polar surface area (TPSA) is 100 Å². The molecule has 176 valence electrons. The molecular weight excluding hydrogens is 417 g/mol. The number of halogens is 1. The van der Waals surface area contributed by atoms with Crippen molar-refractivity contribution in [3.8, 4) is 0 Å². The summed E-state index contributed by atoms with van der Waals surface area (Å²) in [7, 11) is 0. The molecule has 0 bridgehead atoms. The molecule has 1 aromatic rings. The van der Waals surface area contributed by atoms with Gasteiger partial charge >= 0.3 is 0 Å². The number of hydrogen-bond acceptors (Lipinski definition) is 6. The third-order valence-corrected chi connectivity index (χ3v) is 6.64. The van der Waals surface area contributed by atoms with Crippen LogP contribution in [0.4, 0.5) is 4.39 Å². The number of likely N-dealkylation sites (tertiary alicyclic amines) is 1. The molecule has 1 aromatic carbocycles. The van der Waals surface area contributed by atoms with Crippen molar-refractivity contribution in [2.24, 2.45) is 0 Å². The summed E-state index contributed by atoms with van der Waals surface area (Å²) in [5.41, 5.74) is 0.824. The Morgan fingerprint density at radius 2 is 1.91 bits per heavy atom. The number of nitrogens with one attached hydrogen (secondary N) is 2. The van der Waals surface area contributed by atoms with Crippen molar-refractivity contribution in [1.29, 1.82) is 0 Å². The SMILES string of the molecule is CC(=O)N1CCC(NCC2OC3CC(CC(=O)NCc4ccc(F)cc4)OC3C2O)CC1. The zero-order valence-electron chi connectivity index (χ0n) is 18.3. The Labute approximate surface area is 187 Å². The molecule has 5 unspecified atom stereocenters. The van der Waals surface area contributed by atoms with Crippen molar-refractivity contribution in [2.45, 2.75) is 75.7 Å². The first-order valence-corrected chi connectivity index (χ1v) is 11.4.